The number of hydrogen-bond acceptors (Lipinski definition) is 8. The predicted molar refractivity (Wildman–Crippen MR) is 72.1 cm³/mol. The molecule has 1 aromatic carbocycles. The number of benzene rings is 1. The molecule has 0 fully saturated rings. The number of hydrazine groups is 1. The van der Waals surface area contributed by atoms with Crippen LogP contribution in [0.3, 0.4) is 0 Å². The molecule has 0 radical (unpaired) electrons. The van der Waals surface area contributed by atoms with Gasteiger partial charge in [-0.25, -0.2) is 15.6 Å². The van der Waals surface area contributed by atoms with E-state index in [0.717, 1.165) is 0 Å². The third-order valence-corrected chi connectivity index (χ3v) is 2.47. The fourth-order valence-electron chi connectivity index (χ4n) is 1.46. The number of nitrogens with zero attached hydrogens (tertiary/aromatic N) is 2. The third-order valence-electron chi connectivity index (χ3n) is 2.47. The molecule has 0 bridgehead atoms. The maximum absolute atomic E-state index is 11.3. The fraction of sp³-hybridized carbons (Fsp3) is 0.0833. The highest BCUT2D eigenvalue weighted by molar-refractivity contribution is 5.89. The van der Waals surface area contributed by atoms with E-state index in [-0.39, 0.29) is 17.4 Å². The second kappa shape index (κ2) is 5.85. The minimum Gasteiger partial charge on any atom is -0.465 e. The number of anilines is 2. The number of nitrogen functional groups attached to an aromatic ring is 2. The molecule has 2 aromatic rings. The van der Waals surface area contributed by atoms with Crippen LogP contribution in [0.15, 0.2) is 30.6 Å². The standard InChI is InChI=1S/C12H13N5O3/c1-19-12(18)7-2-4-8(5-3-7)20-11-9(13)10(17-14)15-6-16-11/h2-6H,13-14H2,1H3,(H,15,16,17). The number of hydrogen-bond donors (Lipinski definition) is 3. The van der Waals surface area contributed by atoms with Crippen molar-refractivity contribution in [1.82, 2.24) is 9.97 Å². The number of carbonyl (C=O) groups is 1. The molecule has 0 aliphatic rings. The van der Waals surface area contributed by atoms with Gasteiger partial charge in [0.2, 0.25) is 5.88 Å². The highest BCUT2D eigenvalue weighted by atomic mass is 16.5. The van der Waals surface area contributed by atoms with Gasteiger partial charge in [-0.1, -0.05) is 0 Å². The van der Waals surface area contributed by atoms with Gasteiger partial charge in [-0.2, -0.15) is 4.98 Å². The van der Waals surface area contributed by atoms with Crippen LogP contribution in [-0.4, -0.2) is 23.0 Å². The van der Waals surface area contributed by atoms with Gasteiger partial charge in [0.25, 0.3) is 0 Å². The maximum Gasteiger partial charge on any atom is 0.337 e. The first kappa shape index (κ1) is 13.6. The van der Waals surface area contributed by atoms with Crippen molar-refractivity contribution in [3.63, 3.8) is 0 Å². The van der Waals surface area contributed by atoms with E-state index in [1.165, 1.54) is 13.4 Å². The molecule has 0 aliphatic carbocycles. The number of ether oxygens (including phenoxy) is 2. The summed E-state index contributed by atoms with van der Waals surface area (Å²) in [5.74, 6) is 5.73. The molecular weight excluding hydrogens is 262 g/mol. The van der Waals surface area contributed by atoms with Gasteiger partial charge in [-0.05, 0) is 24.3 Å². The first-order chi connectivity index (χ1) is 9.65. The number of aromatic nitrogens is 2. The Balaban J connectivity index is 2.20. The fourth-order valence-corrected chi connectivity index (χ4v) is 1.46. The Hall–Kier alpha value is -2.87. The van der Waals surface area contributed by atoms with Crippen molar-refractivity contribution in [1.29, 1.82) is 0 Å². The van der Waals surface area contributed by atoms with Crippen LogP contribution in [0, 0.1) is 0 Å². The predicted octanol–water partition coefficient (Wildman–Crippen LogP) is 0.923. The van der Waals surface area contributed by atoms with Crippen molar-refractivity contribution in [2.45, 2.75) is 0 Å². The summed E-state index contributed by atoms with van der Waals surface area (Å²) in [6.45, 7) is 0. The van der Waals surface area contributed by atoms with Crippen LogP contribution in [0.4, 0.5) is 11.5 Å². The van der Waals surface area contributed by atoms with E-state index in [0.29, 0.717) is 11.3 Å². The Morgan fingerprint density at radius 3 is 2.55 bits per heavy atom. The van der Waals surface area contributed by atoms with Crippen molar-refractivity contribution >= 4 is 17.5 Å². The molecule has 0 spiro atoms. The van der Waals surface area contributed by atoms with E-state index in [4.69, 9.17) is 16.3 Å². The largest absolute Gasteiger partial charge is 0.465 e. The lowest BCUT2D eigenvalue weighted by Crippen LogP contribution is -2.12. The zero-order chi connectivity index (χ0) is 14.5. The Kier molecular flexibility index (Phi) is 3.96. The molecule has 0 unspecified atom stereocenters. The molecule has 20 heavy (non-hydrogen) atoms. The molecule has 2 rings (SSSR count). The zero-order valence-electron chi connectivity index (χ0n) is 10.7. The summed E-state index contributed by atoms with van der Waals surface area (Å²) >= 11 is 0. The molecule has 8 heteroatoms. The summed E-state index contributed by atoms with van der Waals surface area (Å²) in [6.07, 6.45) is 1.27. The van der Waals surface area contributed by atoms with Crippen molar-refractivity contribution in [2.24, 2.45) is 5.84 Å². The SMILES string of the molecule is COC(=O)c1ccc(Oc2ncnc(NN)c2N)cc1. The second-order valence-corrected chi connectivity index (χ2v) is 3.70. The molecule has 0 aliphatic heterocycles. The maximum atomic E-state index is 11.3. The number of nitrogens with one attached hydrogen (secondary N) is 1. The quantitative estimate of drug-likeness (QED) is 0.427. The summed E-state index contributed by atoms with van der Waals surface area (Å²) in [5, 5.41) is 0. The Bertz CT molecular complexity index is 615. The Labute approximate surface area is 114 Å². The van der Waals surface area contributed by atoms with Gasteiger partial charge < -0.3 is 20.6 Å². The average Bonchev–Trinajstić information content (AvgIpc) is 2.49. The van der Waals surface area contributed by atoms with Gasteiger partial charge in [0.1, 0.15) is 17.8 Å². The van der Waals surface area contributed by atoms with Crippen molar-refractivity contribution in [3.05, 3.63) is 36.2 Å². The van der Waals surface area contributed by atoms with Gasteiger partial charge in [-0.3, -0.25) is 0 Å². The minimum absolute atomic E-state index is 0.166. The van der Waals surface area contributed by atoms with Crippen LogP contribution in [0.25, 0.3) is 0 Å². The summed E-state index contributed by atoms with van der Waals surface area (Å²) in [4.78, 5) is 19.0. The third kappa shape index (κ3) is 2.75. The summed E-state index contributed by atoms with van der Waals surface area (Å²) in [7, 11) is 1.32. The van der Waals surface area contributed by atoms with E-state index >= 15 is 0 Å². The van der Waals surface area contributed by atoms with Crippen LogP contribution < -0.4 is 21.7 Å². The van der Waals surface area contributed by atoms with E-state index in [1.54, 1.807) is 24.3 Å². The summed E-state index contributed by atoms with van der Waals surface area (Å²) in [5.41, 5.74) is 8.71. The van der Waals surface area contributed by atoms with Crippen LogP contribution in [0.5, 0.6) is 11.6 Å². The van der Waals surface area contributed by atoms with Gasteiger partial charge in [0.15, 0.2) is 5.82 Å². The van der Waals surface area contributed by atoms with Crippen LogP contribution in [0.1, 0.15) is 10.4 Å². The number of esters is 1. The number of rotatable bonds is 4. The monoisotopic (exact) mass is 275 g/mol. The van der Waals surface area contributed by atoms with Crippen molar-refractivity contribution < 1.29 is 14.3 Å². The minimum atomic E-state index is -0.423. The molecule has 1 heterocycles. The van der Waals surface area contributed by atoms with Crippen molar-refractivity contribution in [3.8, 4) is 11.6 Å². The number of methoxy groups -OCH3 is 1. The highest BCUT2D eigenvalue weighted by Gasteiger charge is 2.10. The molecule has 0 atom stereocenters. The lowest BCUT2D eigenvalue weighted by atomic mass is 10.2. The van der Waals surface area contributed by atoms with Crippen molar-refractivity contribution in [2.75, 3.05) is 18.3 Å². The van der Waals surface area contributed by atoms with Crippen LogP contribution in [0.2, 0.25) is 0 Å². The molecule has 0 saturated heterocycles. The van der Waals surface area contributed by atoms with Crippen LogP contribution >= 0.6 is 0 Å². The Morgan fingerprint density at radius 1 is 1.25 bits per heavy atom. The molecule has 5 N–H and O–H groups in total. The molecule has 0 amide bonds. The lowest BCUT2D eigenvalue weighted by Gasteiger charge is -2.09. The topological polar surface area (TPSA) is 125 Å². The average molecular weight is 275 g/mol. The first-order valence-corrected chi connectivity index (χ1v) is 5.59. The first-order valence-electron chi connectivity index (χ1n) is 5.59. The van der Waals surface area contributed by atoms with Crippen LogP contribution in [-0.2, 0) is 4.74 Å². The highest BCUT2D eigenvalue weighted by Crippen LogP contribution is 2.28. The normalized spacial score (nSPS) is 9.90. The van der Waals surface area contributed by atoms with Gasteiger partial charge in [0.05, 0.1) is 12.7 Å². The van der Waals surface area contributed by atoms with E-state index in [2.05, 4.69) is 20.1 Å². The molecule has 0 saturated carbocycles. The van der Waals surface area contributed by atoms with E-state index in [9.17, 15) is 4.79 Å². The molecule has 104 valence electrons. The Morgan fingerprint density at radius 2 is 1.95 bits per heavy atom. The van der Waals surface area contributed by atoms with Gasteiger partial charge in [0, 0.05) is 0 Å². The number of carbonyl (C=O) groups excluding carboxylic acids is 1. The molecular formula is C12H13N5O3. The lowest BCUT2D eigenvalue weighted by molar-refractivity contribution is 0.0600. The number of nitrogens with two attached hydrogens (primary N) is 2. The smallest absolute Gasteiger partial charge is 0.337 e. The summed E-state index contributed by atoms with van der Waals surface area (Å²) < 4.78 is 10.1. The van der Waals surface area contributed by atoms with Gasteiger partial charge >= 0.3 is 5.97 Å². The second-order valence-electron chi connectivity index (χ2n) is 3.70. The summed E-state index contributed by atoms with van der Waals surface area (Å²) in [6, 6.07) is 6.34. The molecule has 1 aromatic heterocycles. The van der Waals surface area contributed by atoms with E-state index < -0.39 is 5.97 Å². The zero-order valence-corrected chi connectivity index (χ0v) is 10.7. The molecule has 8 nitrogen and oxygen atoms in total. The van der Waals surface area contributed by atoms with E-state index in [1.807, 2.05) is 0 Å². The van der Waals surface area contributed by atoms with Gasteiger partial charge in [-0.15, -0.1) is 0 Å².